The summed E-state index contributed by atoms with van der Waals surface area (Å²) in [7, 11) is 0. The van der Waals surface area contributed by atoms with Crippen LogP contribution in [0.3, 0.4) is 0 Å². The minimum absolute atomic E-state index is 0.439. The zero-order chi connectivity index (χ0) is 40.6. The van der Waals surface area contributed by atoms with Gasteiger partial charge in [0.25, 0.3) is 0 Å². The summed E-state index contributed by atoms with van der Waals surface area (Å²) >= 11 is 0. The highest BCUT2D eigenvalue weighted by atomic mass is 16.6. The van der Waals surface area contributed by atoms with Crippen molar-refractivity contribution in [2.45, 2.75) is 96.8 Å². The smallest absolute Gasteiger partial charge is 0.142 e. The maximum Gasteiger partial charge on any atom is 0.142 e. The van der Waals surface area contributed by atoms with Crippen LogP contribution in [-0.2, 0) is 52.1 Å². The van der Waals surface area contributed by atoms with Crippen molar-refractivity contribution in [1.29, 1.82) is 0 Å². The van der Waals surface area contributed by atoms with E-state index in [4.69, 9.17) is 62.6 Å². The van der Waals surface area contributed by atoms with Gasteiger partial charge in [0.1, 0.15) is 12.4 Å². The monoisotopic (exact) mass is 818 g/mol. The molecular weight excluding hydrogens is 734 g/mol. The van der Waals surface area contributed by atoms with E-state index < -0.39 is 0 Å². The van der Waals surface area contributed by atoms with Crippen LogP contribution in [0.2, 0.25) is 0 Å². The fourth-order valence-corrected chi connectivity index (χ4v) is 5.52. The van der Waals surface area contributed by atoms with E-state index in [9.17, 15) is 0 Å². The Morgan fingerprint density at radius 3 is 0.842 bits per heavy atom. The quantitative estimate of drug-likeness (QED) is 0.0521. The lowest BCUT2D eigenvalue weighted by atomic mass is 10.0. The van der Waals surface area contributed by atoms with Crippen LogP contribution in [0, 0.1) is 0 Å². The van der Waals surface area contributed by atoms with Crippen molar-refractivity contribution in [2.75, 3.05) is 158 Å². The van der Waals surface area contributed by atoms with Gasteiger partial charge in [-0.15, -0.1) is 0 Å². The summed E-state index contributed by atoms with van der Waals surface area (Å²) in [6.07, 6.45) is 19.2. The Kier molecular flexibility index (Phi) is 44.1. The first-order valence-corrected chi connectivity index (χ1v) is 22.2. The highest BCUT2D eigenvalue weighted by molar-refractivity contribution is 5.51. The molecule has 0 saturated carbocycles. The van der Waals surface area contributed by atoms with Crippen LogP contribution in [0.4, 0.5) is 5.69 Å². The molecule has 0 aliphatic carbocycles. The molecule has 0 aliphatic rings. The van der Waals surface area contributed by atoms with Crippen LogP contribution in [0.15, 0.2) is 24.3 Å². The normalized spacial score (nSPS) is 11.5. The Bertz CT molecular complexity index is 903. The van der Waals surface area contributed by atoms with E-state index in [1.807, 2.05) is 18.2 Å². The second-order valence-corrected chi connectivity index (χ2v) is 13.7. The highest BCUT2D eigenvalue weighted by Gasteiger charge is 2.00. The molecule has 1 aromatic rings. The Morgan fingerprint density at radius 2 is 0.544 bits per heavy atom. The molecule has 0 spiro atoms. The fourth-order valence-electron chi connectivity index (χ4n) is 5.52. The summed E-state index contributed by atoms with van der Waals surface area (Å²) in [5.74, 6) is 0.671. The fraction of sp³-hybridized carbons (Fsp3) is 0.864. The van der Waals surface area contributed by atoms with Crippen molar-refractivity contribution in [3.05, 3.63) is 24.3 Å². The van der Waals surface area contributed by atoms with Crippen molar-refractivity contribution in [1.82, 2.24) is 0 Å². The standard InChI is InChI=1S/C44H83NO12/c1-2-3-4-5-6-7-8-9-10-11-12-13-14-17-20-46-21-22-47-23-24-48-25-26-49-27-28-50-29-30-51-31-32-52-33-34-53-35-36-54-37-38-55-39-40-56-41-42-57-44-19-16-15-18-43(44)45/h15-16,18-19H,2-14,17,20-42,45H2,1H3. The van der Waals surface area contributed by atoms with Gasteiger partial charge in [-0.2, -0.15) is 0 Å². The van der Waals surface area contributed by atoms with E-state index in [-0.39, 0.29) is 0 Å². The van der Waals surface area contributed by atoms with E-state index in [0.717, 1.165) is 13.0 Å². The minimum atomic E-state index is 0.439. The maximum absolute atomic E-state index is 5.83. The van der Waals surface area contributed by atoms with Crippen LogP contribution >= 0.6 is 0 Å². The summed E-state index contributed by atoms with van der Waals surface area (Å²) in [5, 5.41) is 0. The molecule has 0 atom stereocenters. The predicted molar refractivity (Wildman–Crippen MR) is 226 cm³/mol. The van der Waals surface area contributed by atoms with E-state index in [0.29, 0.717) is 157 Å². The van der Waals surface area contributed by atoms with Gasteiger partial charge >= 0.3 is 0 Å². The first kappa shape index (κ1) is 53.4. The van der Waals surface area contributed by atoms with Crippen molar-refractivity contribution >= 4 is 5.69 Å². The number of anilines is 1. The molecule has 1 rings (SSSR count). The molecule has 0 saturated heterocycles. The van der Waals surface area contributed by atoms with E-state index in [2.05, 4.69) is 6.92 Å². The molecule has 0 amide bonds. The Balaban J connectivity index is 1.60. The third kappa shape index (κ3) is 42.3. The lowest BCUT2D eigenvalue weighted by Gasteiger charge is -2.10. The molecule has 2 N–H and O–H groups in total. The van der Waals surface area contributed by atoms with Crippen LogP contribution in [0.25, 0.3) is 0 Å². The lowest BCUT2D eigenvalue weighted by molar-refractivity contribution is -0.0277. The second-order valence-electron chi connectivity index (χ2n) is 13.7. The summed E-state index contributed by atoms with van der Waals surface area (Å²) in [5.41, 5.74) is 6.45. The molecule has 0 fully saturated rings. The van der Waals surface area contributed by atoms with Gasteiger partial charge in [0, 0.05) is 6.61 Å². The Morgan fingerprint density at radius 1 is 0.298 bits per heavy atom. The second kappa shape index (κ2) is 47.1. The number of hydrogen-bond donors (Lipinski definition) is 1. The van der Waals surface area contributed by atoms with Crippen LogP contribution in [0.5, 0.6) is 5.75 Å². The van der Waals surface area contributed by atoms with Crippen molar-refractivity contribution in [2.24, 2.45) is 0 Å². The largest absolute Gasteiger partial charge is 0.489 e. The molecule has 13 nitrogen and oxygen atoms in total. The third-order valence-corrected chi connectivity index (χ3v) is 8.77. The SMILES string of the molecule is CCCCCCCCCCCCCCCCOCCOCCOCCOCCOCCOCCOCCOCCOCCOCCOCCOc1ccccc1N. The van der Waals surface area contributed by atoms with E-state index in [1.54, 1.807) is 6.07 Å². The molecule has 1 aromatic carbocycles. The number of nitrogens with two attached hydrogens (primary N) is 1. The average Bonchev–Trinajstić information content (AvgIpc) is 3.22. The summed E-state index contributed by atoms with van der Waals surface area (Å²) < 4.78 is 66.5. The number of rotatable bonds is 49. The van der Waals surface area contributed by atoms with Crippen LogP contribution in [0.1, 0.15) is 96.8 Å². The van der Waals surface area contributed by atoms with Gasteiger partial charge < -0.3 is 62.6 Å². The number of hydrogen-bond acceptors (Lipinski definition) is 13. The highest BCUT2D eigenvalue weighted by Crippen LogP contribution is 2.19. The van der Waals surface area contributed by atoms with Crippen molar-refractivity contribution in [3.8, 4) is 5.75 Å². The number of para-hydroxylation sites is 2. The minimum Gasteiger partial charge on any atom is -0.489 e. The van der Waals surface area contributed by atoms with Gasteiger partial charge in [0.05, 0.1) is 144 Å². The Labute approximate surface area is 346 Å². The molecule has 0 bridgehead atoms. The summed E-state index contributed by atoms with van der Waals surface area (Å²) in [6, 6.07) is 7.39. The molecule has 0 unspecified atom stereocenters. The van der Waals surface area contributed by atoms with Gasteiger partial charge in [-0.1, -0.05) is 103 Å². The first-order valence-electron chi connectivity index (χ1n) is 22.2. The van der Waals surface area contributed by atoms with Gasteiger partial charge in [0.2, 0.25) is 0 Å². The van der Waals surface area contributed by atoms with Gasteiger partial charge in [-0.05, 0) is 18.6 Å². The zero-order valence-electron chi connectivity index (χ0n) is 35.9. The van der Waals surface area contributed by atoms with Gasteiger partial charge in [0.15, 0.2) is 0 Å². The first-order chi connectivity index (χ1) is 28.3. The average molecular weight is 818 g/mol. The number of unbranched alkanes of at least 4 members (excludes halogenated alkanes) is 13. The molecular formula is C44H83NO12. The molecule has 0 aliphatic heterocycles. The zero-order valence-corrected chi connectivity index (χ0v) is 35.9. The number of nitrogen functional groups attached to an aromatic ring is 1. The van der Waals surface area contributed by atoms with Crippen molar-refractivity contribution in [3.63, 3.8) is 0 Å². The number of benzene rings is 1. The number of ether oxygens (including phenoxy) is 12. The molecule has 57 heavy (non-hydrogen) atoms. The molecule has 13 heteroatoms. The lowest BCUT2D eigenvalue weighted by Crippen LogP contribution is -2.15. The van der Waals surface area contributed by atoms with Gasteiger partial charge in [-0.3, -0.25) is 0 Å². The summed E-state index contributed by atoms with van der Waals surface area (Å²) in [6.45, 7) is 14.6. The van der Waals surface area contributed by atoms with Crippen molar-refractivity contribution < 1.29 is 56.8 Å². The third-order valence-electron chi connectivity index (χ3n) is 8.77. The molecule has 0 aromatic heterocycles. The van der Waals surface area contributed by atoms with E-state index >= 15 is 0 Å². The van der Waals surface area contributed by atoms with Crippen LogP contribution < -0.4 is 10.5 Å². The van der Waals surface area contributed by atoms with E-state index in [1.165, 1.54) is 83.5 Å². The summed E-state index contributed by atoms with van der Waals surface area (Å²) in [4.78, 5) is 0. The molecule has 336 valence electrons. The maximum atomic E-state index is 5.83. The Hall–Kier alpha value is -1.62. The van der Waals surface area contributed by atoms with Crippen LogP contribution in [-0.4, -0.2) is 152 Å². The molecule has 0 radical (unpaired) electrons. The predicted octanol–water partition coefficient (Wildman–Crippen LogP) is 7.31. The molecule has 0 heterocycles. The topological polar surface area (TPSA) is 137 Å². The van der Waals surface area contributed by atoms with Gasteiger partial charge in [-0.25, -0.2) is 0 Å².